The summed E-state index contributed by atoms with van der Waals surface area (Å²) in [4.78, 5) is 21.2. The highest BCUT2D eigenvalue weighted by Gasteiger charge is 2.18. The smallest absolute Gasteiger partial charge is 0.276 e. The highest BCUT2D eigenvalue weighted by atomic mass is 32.2. The van der Waals surface area contributed by atoms with Crippen molar-refractivity contribution < 1.29 is 8.68 Å². The standard InChI is InChI=1S/C20H16FN5OS/c1-12-8-13(2)10-15(9-12)16-11-17(26(25-16)28-21)20(27)24-18-6-5-14-4-3-7-22-19(14)23-18/h3-11H,1-2H3,(H,22,23,24,27). The molecule has 8 heteroatoms. The molecule has 1 N–H and O–H groups in total. The molecule has 4 aromatic rings. The quantitative estimate of drug-likeness (QED) is 0.542. The maximum atomic E-state index is 13.4. The molecule has 0 saturated carbocycles. The van der Waals surface area contributed by atoms with Crippen molar-refractivity contribution in [2.75, 3.05) is 5.32 Å². The Kier molecular flexibility index (Phi) is 4.79. The lowest BCUT2D eigenvalue weighted by atomic mass is 10.1. The molecule has 140 valence electrons. The van der Waals surface area contributed by atoms with Crippen LogP contribution in [0, 0.1) is 13.8 Å². The van der Waals surface area contributed by atoms with Gasteiger partial charge in [-0.25, -0.2) is 9.97 Å². The van der Waals surface area contributed by atoms with E-state index in [1.165, 1.54) is 0 Å². The minimum Gasteiger partial charge on any atom is -0.305 e. The van der Waals surface area contributed by atoms with E-state index < -0.39 is 5.91 Å². The van der Waals surface area contributed by atoms with Gasteiger partial charge in [0.25, 0.3) is 5.91 Å². The minimum absolute atomic E-state index is 0.0876. The van der Waals surface area contributed by atoms with Gasteiger partial charge >= 0.3 is 0 Å². The SMILES string of the molecule is Cc1cc(C)cc(-c2cc(C(=O)Nc3ccc4cccnc4n3)n(SF)n2)c1. The molecule has 0 radical (unpaired) electrons. The molecule has 3 heterocycles. The van der Waals surface area contributed by atoms with E-state index in [1.807, 2.05) is 50.2 Å². The van der Waals surface area contributed by atoms with Crippen molar-refractivity contribution in [3.05, 3.63) is 71.5 Å². The van der Waals surface area contributed by atoms with E-state index >= 15 is 0 Å². The van der Waals surface area contributed by atoms with E-state index in [4.69, 9.17) is 0 Å². The van der Waals surface area contributed by atoms with Crippen molar-refractivity contribution in [1.82, 2.24) is 19.2 Å². The molecule has 1 aromatic carbocycles. The second-order valence-electron chi connectivity index (χ2n) is 6.43. The van der Waals surface area contributed by atoms with Crippen LogP contribution in [0.25, 0.3) is 22.3 Å². The average Bonchev–Trinajstić information content (AvgIpc) is 3.12. The van der Waals surface area contributed by atoms with Gasteiger partial charge in [-0.15, -0.1) is 3.89 Å². The molecule has 0 aliphatic heterocycles. The van der Waals surface area contributed by atoms with Crippen molar-refractivity contribution in [2.24, 2.45) is 0 Å². The first kappa shape index (κ1) is 18.1. The summed E-state index contributed by atoms with van der Waals surface area (Å²) in [5.74, 6) is -0.170. The van der Waals surface area contributed by atoms with Gasteiger partial charge in [0.15, 0.2) is 18.0 Å². The van der Waals surface area contributed by atoms with E-state index in [9.17, 15) is 8.68 Å². The van der Waals surface area contributed by atoms with Crippen molar-refractivity contribution in [3.8, 4) is 11.3 Å². The predicted octanol–water partition coefficient (Wildman–Crippen LogP) is 4.74. The number of anilines is 1. The van der Waals surface area contributed by atoms with Gasteiger partial charge in [-0.05, 0) is 56.3 Å². The molecule has 1 amide bonds. The summed E-state index contributed by atoms with van der Waals surface area (Å²) in [6.07, 6.45) is 1.63. The summed E-state index contributed by atoms with van der Waals surface area (Å²) in [6, 6.07) is 14.7. The Hall–Kier alpha value is -3.26. The van der Waals surface area contributed by atoms with Gasteiger partial charge in [-0.2, -0.15) is 9.19 Å². The molecule has 0 spiro atoms. The van der Waals surface area contributed by atoms with Crippen molar-refractivity contribution in [3.63, 3.8) is 0 Å². The number of hydrogen-bond acceptors (Lipinski definition) is 5. The predicted molar refractivity (Wildman–Crippen MR) is 109 cm³/mol. The number of pyridine rings is 2. The van der Waals surface area contributed by atoms with Crippen LogP contribution in [-0.4, -0.2) is 25.1 Å². The monoisotopic (exact) mass is 393 g/mol. The van der Waals surface area contributed by atoms with E-state index in [2.05, 4.69) is 20.4 Å². The number of rotatable bonds is 4. The fourth-order valence-corrected chi connectivity index (χ4v) is 3.37. The molecule has 0 saturated heterocycles. The van der Waals surface area contributed by atoms with Gasteiger partial charge in [-0.1, -0.05) is 17.2 Å². The summed E-state index contributed by atoms with van der Waals surface area (Å²) in [7, 11) is 0. The summed E-state index contributed by atoms with van der Waals surface area (Å²) in [5, 5.41) is 7.75. The molecular weight excluding hydrogens is 377 g/mol. The number of nitrogens with zero attached hydrogens (tertiary/aromatic N) is 4. The molecule has 4 rings (SSSR count). The average molecular weight is 393 g/mol. The lowest BCUT2D eigenvalue weighted by Crippen LogP contribution is -2.16. The Morgan fingerprint density at radius 3 is 2.64 bits per heavy atom. The number of halogens is 1. The molecule has 0 fully saturated rings. The Morgan fingerprint density at radius 1 is 1.11 bits per heavy atom. The number of carbonyl (C=O) groups is 1. The first-order valence-electron chi connectivity index (χ1n) is 8.54. The lowest BCUT2D eigenvalue weighted by Gasteiger charge is -2.05. The number of aryl methyl sites for hydroxylation is 2. The molecular formula is C20H16FN5OS. The summed E-state index contributed by atoms with van der Waals surface area (Å²) < 4.78 is 14.4. The van der Waals surface area contributed by atoms with Gasteiger partial charge in [-0.3, -0.25) is 4.79 Å². The molecule has 6 nitrogen and oxygen atoms in total. The topological polar surface area (TPSA) is 72.7 Å². The largest absolute Gasteiger partial charge is 0.305 e. The van der Waals surface area contributed by atoms with E-state index in [1.54, 1.807) is 18.3 Å². The first-order chi connectivity index (χ1) is 13.5. The zero-order chi connectivity index (χ0) is 19.7. The van der Waals surface area contributed by atoms with Crippen LogP contribution in [0.4, 0.5) is 9.70 Å². The number of amides is 1. The fraction of sp³-hybridized carbons (Fsp3) is 0.100. The van der Waals surface area contributed by atoms with Crippen LogP contribution in [0.1, 0.15) is 21.6 Å². The number of carbonyl (C=O) groups excluding carboxylic acids is 1. The Labute approximate surface area is 165 Å². The number of benzene rings is 1. The number of aromatic nitrogens is 4. The molecule has 0 atom stereocenters. The third kappa shape index (κ3) is 3.59. The minimum atomic E-state index is -0.504. The Balaban J connectivity index is 1.65. The summed E-state index contributed by atoms with van der Waals surface area (Å²) in [5.41, 5.74) is 4.09. The van der Waals surface area contributed by atoms with Crippen LogP contribution >= 0.6 is 12.3 Å². The maximum Gasteiger partial charge on any atom is 0.276 e. The zero-order valence-electron chi connectivity index (χ0n) is 15.2. The molecule has 0 unspecified atom stereocenters. The molecule has 0 aliphatic carbocycles. The van der Waals surface area contributed by atoms with E-state index in [-0.39, 0.29) is 18.0 Å². The van der Waals surface area contributed by atoms with Crippen LogP contribution in [0.15, 0.2) is 54.7 Å². The Morgan fingerprint density at radius 2 is 1.89 bits per heavy atom. The first-order valence-corrected chi connectivity index (χ1v) is 9.22. The summed E-state index contributed by atoms with van der Waals surface area (Å²) >= 11 is -0.127. The molecule has 3 aromatic heterocycles. The highest BCUT2D eigenvalue weighted by molar-refractivity contribution is 7.92. The molecule has 0 aliphatic rings. The van der Waals surface area contributed by atoms with Crippen molar-refractivity contribution >= 4 is 35.1 Å². The normalized spacial score (nSPS) is 11.0. The van der Waals surface area contributed by atoms with E-state index in [0.29, 0.717) is 17.2 Å². The Bertz CT molecular complexity index is 1170. The van der Waals surface area contributed by atoms with Gasteiger partial charge in [0, 0.05) is 17.1 Å². The second-order valence-corrected chi connectivity index (χ2v) is 6.92. The molecule has 28 heavy (non-hydrogen) atoms. The fourth-order valence-electron chi connectivity index (χ4n) is 3.04. The third-order valence-electron chi connectivity index (χ3n) is 4.20. The molecule has 0 bridgehead atoms. The van der Waals surface area contributed by atoms with Gasteiger partial charge in [0.2, 0.25) is 0 Å². The van der Waals surface area contributed by atoms with Gasteiger partial charge in [0.05, 0.1) is 5.69 Å². The van der Waals surface area contributed by atoms with Crippen LogP contribution in [0.2, 0.25) is 0 Å². The second kappa shape index (κ2) is 7.40. The van der Waals surface area contributed by atoms with Gasteiger partial charge < -0.3 is 5.32 Å². The van der Waals surface area contributed by atoms with Crippen LogP contribution in [-0.2, 0) is 0 Å². The highest BCUT2D eigenvalue weighted by Crippen LogP contribution is 2.25. The third-order valence-corrected chi connectivity index (χ3v) is 4.61. The number of nitrogens with one attached hydrogen (secondary N) is 1. The summed E-state index contributed by atoms with van der Waals surface area (Å²) in [6.45, 7) is 3.95. The van der Waals surface area contributed by atoms with E-state index in [0.717, 1.165) is 26.2 Å². The lowest BCUT2D eigenvalue weighted by molar-refractivity contribution is 0.102. The van der Waals surface area contributed by atoms with Crippen LogP contribution in [0.3, 0.4) is 0 Å². The van der Waals surface area contributed by atoms with Gasteiger partial charge in [0.1, 0.15) is 11.5 Å². The van der Waals surface area contributed by atoms with Crippen molar-refractivity contribution in [1.29, 1.82) is 0 Å². The van der Waals surface area contributed by atoms with Crippen molar-refractivity contribution in [2.45, 2.75) is 13.8 Å². The van der Waals surface area contributed by atoms with Crippen LogP contribution < -0.4 is 5.32 Å². The maximum absolute atomic E-state index is 13.4. The number of hydrogen-bond donors (Lipinski definition) is 1. The van der Waals surface area contributed by atoms with Crippen LogP contribution in [0.5, 0.6) is 0 Å². The number of fused-ring (bicyclic) bond motifs is 1. The zero-order valence-corrected chi connectivity index (χ0v) is 16.0.